The van der Waals surface area contributed by atoms with Crippen LogP contribution in [0.4, 0.5) is 0 Å². The second kappa shape index (κ2) is 10.5. The van der Waals surface area contributed by atoms with Crippen LogP contribution in [0.3, 0.4) is 0 Å². The minimum absolute atomic E-state index is 0.00444. The van der Waals surface area contributed by atoms with Crippen LogP contribution in [0.2, 0.25) is 0 Å². The summed E-state index contributed by atoms with van der Waals surface area (Å²) < 4.78 is 6.36. The summed E-state index contributed by atoms with van der Waals surface area (Å²) in [7, 11) is 2.47. The molecular weight excluding hydrogens is 385 g/mol. The van der Waals surface area contributed by atoms with E-state index >= 15 is 0 Å². The van der Waals surface area contributed by atoms with E-state index in [1.165, 1.54) is 27.6 Å². The number of aliphatic imine (C=N–C) groups is 1. The van der Waals surface area contributed by atoms with Gasteiger partial charge in [-0.3, -0.25) is 4.99 Å². The van der Waals surface area contributed by atoms with Crippen molar-refractivity contribution in [1.82, 2.24) is 0 Å². The fourth-order valence-corrected chi connectivity index (χ4v) is 5.63. The van der Waals surface area contributed by atoms with Crippen molar-refractivity contribution in [1.29, 1.82) is 0 Å². The lowest BCUT2D eigenvalue weighted by Gasteiger charge is -2.33. The van der Waals surface area contributed by atoms with Gasteiger partial charge in [0.1, 0.15) is 12.4 Å². The quantitative estimate of drug-likeness (QED) is 0.282. The molecule has 0 N–H and O–H groups in total. The van der Waals surface area contributed by atoms with Crippen molar-refractivity contribution in [3.8, 4) is 5.75 Å². The van der Waals surface area contributed by atoms with Crippen LogP contribution in [0.5, 0.6) is 5.75 Å². The number of nitrogens with zero attached hydrogens (tertiary/aromatic N) is 1. The molecule has 0 bridgehead atoms. The Kier molecular flexibility index (Phi) is 7.82. The second-order valence-corrected chi connectivity index (χ2v) is 9.85. The van der Waals surface area contributed by atoms with Crippen LogP contribution in [0, 0.1) is 6.92 Å². The molecule has 3 heteroatoms. The van der Waals surface area contributed by atoms with Gasteiger partial charge in [0, 0.05) is 24.0 Å². The Balaban J connectivity index is 1.97. The highest BCUT2D eigenvalue weighted by Crippen LogP contribution is 2.48. The Morgan fingerprint density at radius 1 is 1.00 bits per heavy atom. The summed E-state index contributed by atoms with van der Waals surface area (Å²) in [5.41, 5.74) is 4.97. The molecule has 3 aromatic carbocycles. The summed E-state index contributed by atoms with van der Waals surface area (Å²) in [6.45, 7) is 7.40. The number of hydrogen-bond acceptors (Lipinski definition) is 2. The molecule has 2 nitrogen and oxygen atoms in total. The maximum Gasteiger partial charge on any atom is 0.123 e. The van der Waals surface area contributed by atoms with Gasteiger partial charge >= 0.3 is 0 Å². The largest absolute Gasteiger partial charge is 0.489 e. The molecule has 3 aromatic rings. The molecular formula is C27H32NOP. The van der Waals surface area contributed by atoms with Crippen molar-refractivity contribution in [2.24, 2.45) is 4.99 Å². The van der Waals surface area contributed by atoms with E-state index in [4.69, 9.17) is 4.74 Å². The molecule has 0 heterocycles. The number of rotatable bonds is 9. The van der Waals surface area contributed by atoms with E-state index in [9.17, 15) is 0 Å². The van der Waals surface area contributed by atoms with E-state index < -0.39 is 0 Å². The maximum absolute atomic E-state index is 6.36. The molecule has 156 valence electrons. The molecule has 3 rings (SSSR count). The molecule has 0 aliphatic carbocycles. The fourth-order valence-electron chi connectivity index (χ4n) is 3.86. The van der Waals surface area contributed by atoms with E-state index in [0.29, 0.717) is 15.2 Å². The summed E-state index contributed by atoms with van der Waals surface area (Å²) in [6, 6.07) is 25.6. The van der Waals surface area contributed by atoms with Gasteiger partial charge in [-0.05, 0) is 35.8 Å². The lowest BCUT2D eigenvalue weighted by atomic mass is 9.93. The van der Waals surface area contributed by atoms with E-state index in [-0.39, 0.29) is 5.16 Å². The molecule has 0 spiro atoms. The second-order valence-electron chi connectivity index (χ2n) is 7.96. The average Bonchev–Trinajstić information content (AvgIpc) is 2.75. The van der Waals surface area contributed by atoms with E-state index in [0.717, 1.165) is 18.6 Å². The van der Waals surface area contributed by atoms with Crippen molar-refractivity contribution in [3.63, 3.8) is 0 Å². The zero-order valence-electron chi connectivity index (χ0n) is 18.5. The van der Waals surface area contributed by atoms with Gasteiger partial charge in [-0.1, -0.05) is 101 Å². The molecule has 0 aromatic heterocycles. The monoisotopic (exact) mass is 417 g/mol. The SMILES string of the molecule is CCCC(C)(Pc1ccccc1/C=N/C)c1cc(C)ccc1OCc1ccccc1. The summed E-state index contributed by atoms with van der Waals surface area (Å²) in [5, 5.41) is 1.36. The number of benzene rings is 3. The van der Waals surface area contributed by atoms with Crippen molar-refractivity contribution in [2.45, 2.75) is 45.4 Å². The first kappa shape index (κ1) is 22.2. The highest BCUT2D eigenvalue weighted by Gasteiger charge is 2.30. The standard InChI is InChI=1S/C27H32NOP/c1-5-17-27(3,30-26-14-10-9-13-23(26)19-28-4)24-18-21(2)15-16-25(24)29-20-22-11-7-6-8-12-22/h6-16,18-19,30H,5,17,20H2,1-4H3/b28-19+. The molecule has 0 saturated heterocycles. The molecule has 0 radical (unpaired) electrons. The van der Waals surface area contributed by atoms with Crippen LogP contribution in [-0.4, -0.2) is 13.3 Å². The Morgan fingerprint density at radius 2 is 1.73 bits per heavy atom. The van der Waals surface area contributed by atoms with E-state index in [1.807, 2.05) is 19.3 Å². The maximum atomic E-state index is 6.36. The van der Waals surface area contributed by atoms with Crippen LogP contribution < -0.4 is 10.0 Å². The Hall–Kier alpha value is -2.44. The van der Waals surface area contributed by atoms with Crippen molar-refractivity contribution < 1.29 is 4.74 Å². The van der Waals surface area contributed by atoms with Crippen LogP contribution in [0.15, 0.2) is 77.8 Å². The minimum Gasteiger partial charge on any atom is -0.489 e. The Bertz CT molecular complexity index is 983. The molecule has 30 heavy (non-hydrogen) atoms. The predicted octanol–water partition coefficient (Wildman–Crippen LogP) is 6.64. The molecule has 0 saturated carbocycles. The zero-order chi connectivity index (χ0) is 21.4. The van der Waals surface area contributed by atoms with Crippen LogP contribution in [-0.2, 0) is 11.8 Å². The van der Waals surface area contributed by atoms with Crippen molar-refractivity contribution in [2.75, 3.05) is 7.05 Å². The lowest BCUT2D eigenvalue weighted by Crippen LogP contribution is -2.22. The van der Waals surface area contributed by atoms with Crippen LogP contribution >= 0.6 is 8.58 Å². The van der Waals surface area contributed by atoms with Crippen LogP contribution in [0.1, 0.15) is 48.9 Å². The van der Waals surface area contributed by atoms with Gasteiger partial charge in [-0.25, -0.2) is 0 Å². The third-order valence-electron chi connectivity index (χ3n) is 5.36. The van der Waals surface area contributed by atoms with Gasteiger partial charge in [0.15, 0.2) is 0 Å². The third kappa shape index (κ3) is 5.58. The van der Waals surface area contributed by atoms with E-state index in [2.05, 4.69) is 92.5 Å². The zero-order valence-corrected chi connectivity index (χ0v) is 19.5. The number of aryl methyl sites for hydroxylation is 1. The first-order chi connectivity index (χ1) is 14.6. The van der Waals surface area contributed by atoms with Crippen molar-refractivity contribution >= 4 is 20.1 Å². The van der Waals surface area contributed by atoms with Gasteiger partial charge in [-0.2, -0.15) is 0 Å². The highest BCUT2D eigenvalue weighted by molar-refractivity contribution is 7.48. The average molecular weight is 418 g/mol. The summed E-state index contributed by atoms with van der Waals surface area (Å²) in [5.74, 6) is 0.995. The minimum atomic E-state index is 0.00444. The first-order valence-corrected chi connectivity index (χ1v) is 11.6. The molecule has 0 aliphatic heterocycles. The highest BCUT2D eigenvalue weighted by atomic mass is 31.1. The van der Waals surface area contributed by atoms with Gasteiger partial charge in [0.25, 0.3) is 0 Å². The molecule has 2 atom stereocenters. The molecule has 0 fully saturated rings. The molecule has 0 amide bonds. The molecule has 2 unspecified atom stereocenters. The summed E-state index contributed by atoms with van der Waals surface area (Å²) in [6.07, 6.45) is 4.20. The lowest BCUT2D eigenvalue weighted by molar-refractivity contribution is 0.299. The first-order valence-electron chi connectivity index (χ1n) is 10.6. The molecule has 0 aliphatic rings. The normalized spacial score (nSPS) is 13.7. The number of ether oxygens (including phenoxy) is 1. The van der Waals surface area contributed by atoms with Crippen molar-refractivity contribution in [3.05, 3.63) is 95.1 Å². The van der Waals surface area contributed by atoms with Crippen LogP contribution in [0.25, 0.3) is 0 Å². The topological polar surface area (TPSA) is 21.6 Å². The fraction of sp³-hybridized carbons (Fsp3) is 0.296. The third-order valence-corrected chi connectivity index (χ3v) is 7.15. The van der Waals surface area contributed by atoms with Gasteiger partial charge < -0.3 is 4.74 Å². The Morgan fingerprint density at radius 3 is 2.47 bits per heavy atom. The Labute approximate surface area is 183 Å². The summed E-state index contributed by atoms with van der Waals surface area (Å²) >= 11 is 0. The summed E-state index contributed by atoms with van der Waals surface area (Å²) in [4.78, 5) is 4.26. The van der Waals surface area contributed by atoms with Gasteiger partial charge in [0.05, 0.1) is 0 Å². The number of hydrogen-bond donors (Lipinski definition) is 0. The predicted molar refractivity (Wildman–Crippen MR) is 132 cm³/mol. The van der Waals surface area contributed by atoms with Gasteiger partial charge in [0.2, 0.25) is 0 Å². The van der Waals surface area contributed by atoms with Gasteiger partial charge in [-0.15, -0.1) is 0 Å². The smallest absolute Gasteiger partial charge is 0.123 e. The van der Waals surface area contributed by atoms with E-state index in [1.54, 1.807) is 0 Å².